The lowest BCUT2D eigenvalue weighted by atomic mass is 9.93. The summed E-state index contributed by atoms with van der Waals surface area (Å²) in [6, 6.07) is 3.70. The number of amides is 1. The number of aromatic nitrogens is 3. The molecule has 0 aliphatic carbocycles. The molecule has 0 unspecified atom stereocenters. The smallest absolute Gasteiger partial charge is 0.323 e. The van der Waals surface area contributed by atoms with E-state index in [9.17, 15) is 4.79 Å². The van der Waals surface area contributed by atoms with E-state index in [1.807, 2.05) is 17.0 Å². The molecular weight excluding hydrogens is 252 g/mol. The van der Waals surface area contributed by atoms with Gasteiger partial charge in [-0.05, 0) is 30.9 Å². The van der Waals surface area contributed by atoms with Crippen molar-refractivity contribution in [2.24, 2.45) is 5.92 Å². The number of rotatable bonds is 2. The van der Waals surface area contributed by atoms with Gasteiger partial charge in [0, 0.05) is 19.3 Å². The lowest BCUT2D eigenvalue weighted by Gasteiger charge is -2.31. The van der Waals surface area contributed by atoms with Gasteiger partial charge in [-0.1, -0.05) is 19.8 Å². The van der Waals surface area contributed by atoms with Crippen molar-refractivity contribution in [1.82, 2.24) is 19.7 Å². The van der Waals surface area contributed by atoms with Crippen LogP contribution in [0.1, 0.15) is 32.6 Å². The summed E-state index contributed by atoms with van der Waals surface area (Å²) in [5.74, 6) is 0.778. The minimum absolute atomic E-state index is 0.0250. The number of fused-ring (bicyclic) bond motifs is 1. The predicted octanol–water partition coefficient (Wildman–Crippen LogP) is 2.91. The second-order valence-electron chi connectivity index (χ2n) is 5.47. The SMILES string of the molecule is CCCC1CCN(C(=O)n2ncc3ncccc32)CC1. The van der Waals surface area contributed by atoms with Crippen molar-refractivity contribution in [3.05, 3.63) is 24.5 Å². The lowest BCUT2D eigenvalue weighted by molar-refractivity contribution is 0.167. The molecule has 0 saturated carbocycles. The molecule has 1 amide bonds. The Morgan fingerprint density at radius 2 is 2.20 bits per heavy atom. The Labute approximate surface area is 118 Å². The minimum Gasteiger partial charge on any atom is -0.323 e. The molecule has 3 heterocycles. The van der Waals surface area contributed by atoms with Crippen LogP contribution >= 0.6 is 0 Å². The van der Waals surface area contributed by atoms with Crippen molar-refractivity contribution < 1.29 is 4.79 Å². The number of carbonyl (C=O) groups is 1. The van der Waals surface area contributed by atoms with Gasteiger partial charge in [-0.15, -0.1) is 0 Å². The second-order valence-corrected chi connectivity index (χ2v) is 5.47. The molecule has 1 fully saturated rings. The summed E-state index contributed by atoms with van der Waals surface area (Å²) in [6.07, 6.45) is 8.09. The van der Waals surface area contributed by atoms with Crippen LogP contribution in [0.5, 0.6) is 0 Å². The largest absolute Gasteiger partial charge is 0.345 e. The van der Waals surface area contributed by atoms with Crippen molar-refractivity contribution in [2.45, 2.75) is 32.6 Å². The predicted molar refractivity (Wildman–Crippen MR) is 77.5 cm³/mol. The maximum absolute atomic E-state index is 12.5. The molecule has 3 rings (SSSR count). The standard InChI is InChI=1S/C15H20N4O/c1-2-4-12-6-9-18(10-7-12)15(20)19-14-5-3-8-16-13(14)11-17-19/h3,5,8,11-12H,2,4,6-7,9-10H2,1H3. The molecule has 20 heavy (non-hydrogen) atoms. The third-order valence-corrected chi connectivity index (χ3v) is 4.10. The topological polar surface area (TPSA) is 51.0 Å². The highest BCUT2D eigenvalue weighted by Crippen LogP contribution is 2.22. The Morgan fingerprint density at radius 1 is 1.40 bits per heavy atom. The summed E-state index contributed by atoms with van der Waals surface area (Å²) in [7, 11) is 0. The molecule has 2 aromatic rings. The average Bonchev–Trinajstić information content (AvgIpc) is 2.92. The zero-order chi connectivity index (χ0) is 13.9. The molecule has 106 valence electrons. The van der Waals surface area contributed by atoms with Crippen LogP contribution in [0.3, 0.4) is 0 Å². The highest BCUT2D eigenvalue weighted by molar-refractivity contribution is 5.87. The van der Waals surface area contributed by atoms with E-state index in [0.29, 0.717) is 0 Å². The highest BCUT2D eigenvalue weighted by atomic mass is 16.2. The Morgan fingerprint density at radius 3 is 2.95 bits per heavy atom. The van der Waals surface area contributed by atoms with Gasteiger partial charge in [0.05, 0.1) is 11.7 Å². The maximum atomic E-state index is 12.5. The third kappa shape index (κ3) is 2.40. The first-order valence-electron chi connectivity index (χ1n) is 7.37. The van der Waals surface area contributed by atoms with E-state index < -0.39 is 0 Å². The van der Waals surface area contributed by atoms with E-state index in [1.54, 1.807) is 12.4 Å². The molecule has 1 aliphatic rings. The van der Waals surface area contributed by atoms with Crippen molar-refractivity contribution in [2.75, 3.05) is 13.1 Å². The summed E-state index contributed by atoms with van der Waals surface area (Å²) in [6.45, 7) is 3.90. The van der Waals surface area contributed by atoms with Crippen LogP contribution in [0.4, 0.5) is 4.79 Å². The molecule has 0 radical (unpaired) electrons. The first-order valence-corrected chi connectivity index (χ1v) is 7.37. The zero-order valence-corrected chi connectivity index (χ0v) is 11.8. The highest BCUT2D eigenvalue weighted by Gasteiger charge is 2.24. The van der Waals surface area contributed by atoms with Gasteiger partial charge in [0.25, 0.3) is 0 Å². The fraction of sp³-hybridized carbons (Fsp3) is 0.533. The molecule has 5 heteroatoms. The molecule has 5 nitrogen and oxygen atoms in total. The molecule has 0 atom stereocenters. The first kappa shape index (κ1) is 13.1. The zero-order valence-electron chi connectivity index (χ0n) is 11.8. The van der Waals surface area contributed by atoms with Crippen molar-refractivity contribution in [3.63, 3.8) is 0 Å². The number of hydrogen-bond acceptors (Lipinski definition) is 3. The molecule has 0 N–H and O–H groups in total. The molecule has 0 aromatic carbocycles. The van der Waals surface area contributed by atoms with E-state index in [-0.39, 0.29) is 6.03 Å². The van der Waals surface area contributed by atoms with Crippen LogP contribution < -0.4 is 0 Å². The van der Waals surface area contributed by atoms with Gasteiger partial charge in [0.1, 0.15) is 5.52 Å². The molecule has 0 spiro atoms. The summed E-state index contributed by atoms with van der Waals surface area (Å²) in [5.41, 5.74) is 1.55. The fourth-order valence-corrected chi connectivity index (χ4v) is 2.97. The number of nitrogens with zero attached hydrogens (tertiary/aromatic N) is 4. The van der Waals surface area contributed by atoms with Gasteiger partial charge in [-0.2, -0.15) is 9.78 Å². The number of hydrogen-bond donors (Lipinski definition) is 0. The Bertz CT molecular complexity index is 599. The van der Waals surface area contributed by atoms with Gasteiger partial charge in [-0.3, -0.25) is 4.98 Å². The number of carbonyl (C=O) groups excluding carboxylic acids is 1. The van der Waals surface area contributed by atoms with E-state index in [1.165, 1.54) is 17.5 Å². The average molecular weight is 272 g/mol. The van der Waals surface area contributed by atoms with Crippen LogP contribution in [0.25, 0.3) is 11.0 Å². The molecule has 1 aliphatic heterocycles. The number of pyridine rings is 1. The molecule has 0 bridgehead atoms. The Balaban J connectivity index is 1.74. The fourth-order valence-electron chi connectivity index (χ4n) is 2.97. The number of likely N-dealkylation sites (tertiary alicyclic amines) is 1. The van der Waals surface area contributed by atoms with Crippen LogP contribution in [0, 0.1) is 5.92 Å². The van der Waals surface area contributed by atoms with Crippen molar-refractivity contribution in [3.8, 4) is 0 Å². The Kier molecular flexibility index (Phi) is 3.67. The monoisotopic (exact) mass is 272 g/mol. The van der Waals surface area contributed by atoms with Gasteiger partial charge < -0.3 is 4.90 Å². The van der Waals surface area contributed by atoms with E-state index in [2.05, 4.69) is 17.0 Å². The van der Waals surface area contributed by atoms with E-state index in [4.69, 9.17) is 0 Å². The van der Waals surface area contributed by atoms with E-state index >= 15 is 0 Å². The van der Waals surface area contributed by atoms with Gasteiger partial charge in [-0.25, -0.2) is 4.79 Å². The molecule has 1 saturated heterocycles. The normalized spacial score (nSPS) is 16.8. The Hall–Kier alpha value is -1.91. The van der Waals surface area contributed by atoms with Gasteiger partial charge in [0.2, 0.25) is 0 Å². The summed E-state index contributed by atoms with van der Waals surface area (Å²) in [5, 5.41) is 4.19. The van der Waals surface area contributed by atoms with Crippen LogP contribution in [-0.4, -0.2) is 38.8 Å². The summed E-state index contributed by atoms with van der Waals surface area (Å²) >= 11 is 0. The van der Waals surface area contributed by atoms with Gasteiger partial charge in [0.15, 0.2) is 0 Å². The molecular formula is C15H20N4O. The first-order chi connectivity index (χ1) is 9.79. The minimum atomic E-state index is -0.0250. The van der Waals surface area contributed by atoms with Crippen molar-refractivity contribution >= 4 is 17.1 Å². The molecule has 2 aromatic heterocycles. The number of piperidine rings is 1. The van der Waals surface area contributed by atoms with Crippen LogP contribution in [0.15, 0.2) is 24.5 Å². The second kappa shape index (κ2) is 5.61. The third-order valence-electron chi connectivity index (χ3n) is 4.10. The van der Waals surface area contributed by atoms with Crippen LogP contribution in [-0.2, 0) is 0 Å². The van der Waals surface area contributed by atoms with Crippen LogP contribution in [0.2, 0.25) is 0 Å². The quantitative estimate of drug-likeness (QED) is 0.844. The summed E-state index contributed by atoms with van der Waals surface area (Å²) < 4.78 is 1.47. The van der Waals surface area contributed by atoms with Crippen molar-refractivity contribution in [1.29, 1.82) is 0 Å². The summed E-state index contributed by atoms with van der Waals surface area (Å²) in [4.78, 5) is 18.7. The van der Waals surface area contributed by atoms with E-state index in [0.717, 1.165) is 42.9 Å². The lowest BCUT2D eigenvalue weighted by Crippen LogP contribution is -2.41. The maximum Gasteiger partial charge on any atom is 0.345 e. The van der Waals surface area contributed by atoms with Gasteiger partial charge >= 0.3 is 6.03 Å².